The first-order chi connectivity index (χ1) is 11.5. The maximum absolute atomic E-state index is 12.1. The minimum Gasteiger partial charge on any atom is -0.266 e. The standard InChI is InChI=1S/C17H19N3O3S/c1-14-2-8-17(9-3-14)24(21,22)23-13-11-16-6-4-15(5-7-16)10-12-19-20-18/h2-9H,10-13H2,1H3. The fourth-order valence-electron chi connectivity index (χ4n) is 2.14. The van der Waals surface area contributed by atoms with Gasteiger partial charge < -0.3 is 0 Å². The number of aryl methyl sites for hydroxylation is 1. The Morgan fingerprint density at radius 2 is 1.58 bits per heavy atom. The van der Waals surface area contributed by atoms with E-state index >= 15 is 0 Å². The summed E-state index contributed by atoms with van der Waals surface area (Å²) in [7, 11) is -3.72. The molecule has 2 aromatic carbocycles. The maximum Gasteiger partial charge on any atom is 0.296 e. The van der Waals surface area contributed by atoms with Gasteiger partial charge in [0.1, 0.15) is 0 Å². The molecular formula is C17H19N3O3S. The van der Waals surface area contributed by atoms with Crippen molar-refractivity contribution in [2.45, 2.75) is 24.7 Å². The molecule has 0 N–H and O–H groups in total. The lowest BCUT2D eigenvalue weighted by Crippen LogP contribution is -2.09. The van der Waals surface area contributed by atoms with E-state index in [0.29, 0.717) is 19.4 Å². The van der Waals surface area contributed by atoms with Gasteiger partial charge in [0.25, 0.3) is 10.1 Å². The molecule has 0 heterocycles. The molecule has 0 atom stereocenters. The van der Waals surface area contributed by atoms with Gasteiger partial charge >= 0.3 is 0 Å². The van der Waals surface area contributed by atoms with E-state index in [1.54, 1.807) is 24.3 Å². The summed E-state index contributed by atoms with van der Waals surface area (Å²) in [5, 5.41) is 3.49. The van der Waals surface area contributed by atoms with Crippen LogP contribution < -0.4 is 0 Å². The minimum atomic E-state index is -3.72. The van der Waals surface area contributed by atoms with Crippen LogP contribution in [0.2, 0.25) is 0 Å². The fourth-order valence-corrected chi connectivity index (χ4v) is 3.05. The Bertz CT molecular complexity index is 809. The van der Waals surface area contributed by atoms with Gasteiger partial charge in [-0.05, 0) is 48.6 Å². The van der Waals surface area contributed by atoms with Crippen molar-refractivity contribution in [3.8, 4) is 0 Å². The van der Waals surface area contributed by atoms with Crippen molar-refractivity contribution in [3.63, 3.8) is 0 Å². The zero-order chi connectivity index (χ0) is 17.4. The van der Waals surface area contributed by atoms with Crippen LogP contribution in [0.15, 0.2) is 58.5 Å². The minimum absolute atomic E-state index is 0.0915. The lowest BCUT2D eigenvalue weighted by Gasteiger charge is -2.07. The van der Waals surface area contributed by atoms with Crippen molar-refractivity contribution in [2.24, 2.45) is 5.11 Å². The number of azide groups is 1. The molecule has 0 saturated heterocycles. The molecule has 0 saturated carbocycles. The third-order valence-electron chi connectivity index (χ3n) is 3.53. The Labute approximate surface area is 141 Å². The summed E-state index contributed by atoms with van der Waals surface area (Å²) in [5.74, 6) is 0. The molecule has 7 heteroatoms. The highest BCUT2D eigenvalue weighted by Crippen LogP contribution is 2.14. The highest BCUT2D eigenvalue weighted by Gasteiger charge is 2.14. The van der Waals surface area contributed by atoms with Crippen LogP contribution in [0.3, 0.4) is 0 Å². The van der Waals surface area contributed by atoms with E-state index < -0.39 is 10.1 Å². The first-order valence-corrected chi connectivity index (χ1v) is 8.97. The van der Waals surface area contributed by atoms with E-state index in [2.05, 4.69) is 10.0 Å². The fraction of sp³-hybridized carbons (Fsp3) is 0.294. The zero-order valence-electron chi connectivity index (χ0n) is 13.4. The Balaban J connectivity index is 1.87. The van der Waals surface area contributed by atoms with Gasteiger partial charge in [-0.15, -0.1) is 0 Å². The average Bonchev–Trinajstić information content (AvgIpc) is 2.57. The molecule has 24 heavy (non-hydrogen) atoms. The molecule has 0 spiro atoms. The summed E-state index contributed by atoms with van der Waals surface area (Å²) in [5.41, 5.74) is 11.3. The second-order valence-corrected chi connectivity index (χ2v) is 6.98. The molecule has 0 amide bonds. The van der Waals surface area contributed by atoms with Gasteiger partial charge in [-0.2, -0.15) is 8.42 Å². The van der Waals surface area contributed by atoms with Crippen molar-refractivity contribution in [1.29, 1.82) is 0 Å². The van der Waals surface area contributed by atoms with E-state index in [4.69, 9.17) is 9.71 Å². The average molecular weight is 345 g/mol. The lowest BCUT2D eigenvalue weighted by atomic mass is 10.1. The van der Waals surface area contributed by atoms with Gasteiger partial charge in [0.2, 0.25) is 0 Å². The summed E-state index contributed by atoms with van der Waals surface area (Å²) in [6, 6.07) is 14.3. The van der Waals surface area contributed by atoms with Gasteiger partial charge in [-0.1, -0.05) is 47.1 Å². The first-order valence-electron chi connectivity index (χ1n) is 7.56. The molecule has 0 aliphatic carbocycles. The van der Waals surface area contributed by atoms with Gasteiger partial charge in [0.15, 0.2) is 0 Å². The second kappa shape index (κ2) is 8.49. The number of rotatable bonds is 8. The Morgan fingerprint density at radius 1 is 1.00 bits per heavy atom. The van der Waals surface area contributed by atoms with Crippen molar-refractivity contribution >= 4 is 10.1 Å². The Kier molecular flexibility index (Phi) is 6.37. The van der Waals surface area contributed by atoms with Crippen LogP contribution in [0.5, 0.6) is 0 Å². The topological polar surface area (TPSA) is 92.1 Å². The summed E-state index contributed by atoms with van der Waals surface area (Å²) in [4.78, 5) is 2.88. The van der Waals surface area contributed by atoms with Gasteiger partial charge in [-0.25, -0.2) is 0 Å². The summed E-state index contributed by atoms with van der Waals surface area (Å²) in [6.07, 6.45) is 1.18. The molecule has 0 bridgehead atoms. The van der Waals surface area contributed by atoms with Crippen molar-refractivity contribution < 1.29 is 12.6 Å². The molecule has 0 aromatic heterocycles. The summed E-state index contributed by atoms with van der Waals surface area (Å²) >= 11 is 0. The molecule has 0 fully saturated rings. The Hall–Kier alpha value is -2.34. The maximum atomic E-state index is 12.1. The van der Waals surface area contributed by atoms with Gasteiger partial charge in [-0.3, -0.25) is 4.18 Å². The molecule has 2 aromatic rings. The number of benzene rings is 2. The van der Waals surface area contributed by atoms with E-state index in [1.165, 1.54) is 0 Å². The third kappa shape index (κ3) is 5.38. The number of hydrogen-bond donors (Lipinski definition) is 0. The third-order valence-corrected chi connectivity index (χ3v) is 4.85. The van der Waals surface area contributed by atoms with Crippen LogP contribution in [-0.4, -0.2) is 21.6 Å². The lowest BCUT2D eigenvalue weighted by molar-refractivity contribution is 0.322. The molecule has 0 aliphatic heterocycles. The van der Waals surface area contributed by atoms with Crippen LogP contribution in [0.1, 0.15) is 16.7 Å². The van der Waals surface area contributed by atoms with Crippen LogP contribution >= 0.6 is 0 Å². The summed E-state index contributed by atoms with van der Waals surface area (Å²) < 4.78 is 29.2. The van der Waals surface area contributed by atoms with E-state index in [1.807, 2.05) is 31.2 Å². The van der Waals surface area contributed by atoms with Crippen LogP contribution in [0.4, 0.5) is 0 Å². The molecule has 6 nitrogen and oxygen atoms in total. The van der Waals surface area contributed by atoms with Crippen molar-refractivity contribution in [1.82, 2.24) is 0 Å². The predicted molar refractivity (Wildman–Crippen MR) is 92.2 cm³/mol. The van der Waals surface area contributed by atoms with Crippen molar-refractivity contribution in [2.75, 3.05) is 13.2 Å². The monoisotopic (exact) mass is 345 g/mol. The molecule has 0 aliphatic rings. The van der Waals surface area contributed by atoms with Gasteiger partial charge in [0.05, 0.1) is 11.5 Å². The predicted octanol–water partition coefficient (Wildman–Crippen LogP) is 3.80. The molecule has 2 rings (SSSR count). The van der Waals surface area contributed by atoms with E-state index in [0.717, 1.165) is 16.7 Å². The molecular weight excluding hydrogens is 326 g/mol. The molecule has 126 valence electrons. The van der Waals surface area contributed by atoms with Crippen LogP contribution in [0, 0.1) is 6.92 Å². The largest absolute Gasteiger partial charge is 0.296 e. The number of hydrogen-bond acceptors (Lipinski definition) is 4. The first kappa shape index (κ1) is 18.0. The van der Waals surface area contributed by atoms with Gasteiger partial charge in [0, 0.05) is 11.5 Å². The SMILES string of the molecule is Cc1ccc(S(=O)(=O)OCCc2ccc(CCN=[N+]=[N-])cc2)cc1. The highest BCUT2D eigenvalue weighted by atomic mass is 32.2. The van der Waals surface area contributed by atoms with Crippen molar-refractivity contribution in [3.05, 3.63) is 75.7 Å². The quantitative estimate of drug-likeness (QED) is 0.315. The smallest absolute Gasteiger partial charge is 0.266 e. The molecule has 0 unspecified atom stereocenters. The number of nitrogens with zero attached hydrogens (tertiary/aromatic N) is 3. The van der Waals surface area contributed by atoms with E-state index in [-0.39, 0.29) is 11.5 Å². The van der Waals surface area contributed by atoms with E-state index in [9.17, 15) is 8.42 Å². The Morgan fingerprint density at radius 3 is 2.17 bits per heavy atom. The summed E-state index contributed by atoms with van der Waals surface area (Å²) in [6.45, 7) is 2.41. The van der Waals surface area contributed by atoms with Crippen LogP contribution in [-0.2, 0) is 27.1 Å². The normalized spacial score (nSPS) is 11.0. The second-order valence-electron chi connectivity index (χ2n) is 5.36. The molecule has 0 radical (unpaired) electrons. The highest BCUT2D eigenvalue weighted by molar-refractivity contribution is 7.86. The zero-order valence-corrected chi connectivity index (χ0v) is 14.2. The van der Waals surface area contributed by atoms with Crippen LogP contribution in [0.25, 0.3) is 10.4 Å².